The lowest BCUT2D eigenvalue weighted by atomic mass is 10.1. The fraction of sp³-hybridized carbons (Fsp3) is 0.154. The van der Waals surface area contributed by atoms with E-state index >= 15 is 0 Å². The van der Waals surface area contributed by atoms with Crippen LogP contribution in [0.1, 0.15) is 20.8 Å². The maximum absolute atomic E-state index is 13.9. The van der Waals surface area contributed by atoms with Gasteiger partial charge in [-0.05, 0) is 24.6 Å². The van der Waals surface area contributed by atoms with Gasteiger partial charge in [0, 0.05) is 11.6 Å². The number of esters is 1. The summed E-state index contributed by atoms with van der Waals surface area (Å²) in [5.74, 6) is -1.29. The Kier molecular flexibility index (Phi) is 4.54. The molecule has 0 aliphatic carbocycles. The quantitative estimate of drug-likeness (QED) is 0.481. The van der Waals surface area contributed by atoms with Crippen molar-refractivity contribution in [2.45, 2.75) is 13.5 Å². The number of nitro groups is 1. The van der Waals surface area contributed by atoms with Gasteiger partial charge in [0.05, 0.1) is 9.95 Å². The van der Waals surface area contributed by atoms with Crippen LogP contribution < -0.4 is 0 Å². The van der Waals surface area contributed by atoms with Gasteiger partial charge in [0.15, 0.2) is 0 Å². The summed E-state index contributed by atoms with van der Waals surface area (Å²) in [4.78, 5) is 21.8. The molecule has 8 heteroatoms. The van der Waals surface area contributed by atoms with Crippen molar-refractivity contribution in [3.05, 3.63) is 61.2 Å². The summed E-state index contributed by atoms with van der Waals surface area (Å²) in [7, 11) is 0. The minimum Gasteiger partial charge on any atom is -0.456 e. The first-order valence-corrected chi connectivity index (χ1v) is 6.94. The Labute approximate surface area is 128 Å². The van der Waals surface area contributed by atoms with Crippen molar-refractivity contribution in [1.29, 1.82) is 0 Å². The zero-order chi connectivity index (χ0) is 15.6. The third-order valence-electron chi connectivity index (χ3n) is 2.70. The van der Waals surface area contributed by atoms with Gasteiger partial charge < -0.3 is 4.74 Å². The van der Waals surface area contributed by atoms with Crippen molar-refractivity contribution in [1.82, 2.24) is 0 Å². The molecule has 110 valence electrons. The summed E-state index contributed by atoms with van der Waals surface area (Å²) < 4.78 is 18.8. The molecule has 1 aromatic carbocycles. The second kappa shape index (κ2) is 6.19. The number of rotatable bonds is 4. The smallest absolute Gasteiger partial charge is 0.348 e. The van der Waals surface area contributed by atoms with E-state index in [9.17, 15) is 19.3 Å². The summed E-state index contributed by atoms with van der Waals surface area (Å²) in [6.45, 7) is 1.23. The zero-order valence-corrected chi connectivity index (χ0v) is 12.3. The molecule has 21 heavy (non-hydrogen) atoms. The van der Waals surface area contributed by atoms with E-state index in [0.29, 0.717) is 16.9 Å². The molecule has 0 aliphatic rings. The van der Waals surface area contributed by atoms with E-state index in [-0.39, 0.29) is 27.1 Å². The molecule has 0 spiro atoms. The normalized spacial score (nSPS) is 10.4. The molecule has 5 nitrogen and oxygen atoms in total. The predicted octanol–water partition coefficient (Wildman–Crippen LogP) is 4.11. The van der Waals surface area contributed by atoms with Crippen LogP contribution in [0.5, 0.6) is 0 Å². The summed E-state index contributed by atoms with van der Waals surface area (Å²) in [5.41, 5.74) is 0.466. The Balaban J connectivity index is 2.11. The van der Waals surface area contributed by atoms with Crippen LogP contribution >= 0.6 is 22.9 Å². The van der Waals surface area contributed by atoms with Crippen LogP contribution in [-0.2, 0) is 11.3 Å². The maximum atomic E-state index is 13.9. The molecule has 0 aliphatic heterocycles. The molecule has 0 fully saturated rings. The Morgan fingerprint density at radius 2 is 2.14 bits per heavy atom. The number of halogens is 2. The highest BCUT2D eigenvalue weighted by Gasteiger charge is 2.18. The van der Waals surface area contributed by atoms with Gasteiger partial charge in [-0.2, -0.15) is 0 Å². The van der Waals surface area contributed by atoms with Crippen molar-refractivity contribution in [3.63, 3.8) is 0 Å². The average Bonchev–Trinajstić information content (AvgIpc) is 2.93. The van der Waals surface area contributed by atoms with E-state index in [2.05, 4.69) is 0 Å². The first-order valence-electron chi connectivity index (χ1n) is 5.75. The number of hydrogen-bond donors (Lipinski definition) is 0. The molecule has 0 N–H and O–H groups in total. The minimum atomic E-state index is -0.759. The van der Waals surface area contributed by atoms with Gasteiger partial charge >= 0.3 is 11.0 Å². The highest BCUT2D eigenvalue weighted by atomic mass is 35.5. The van der Waals surface area contributed by atoms with E-state index in [1.807, 2.05) is 0 Å². The van der Waals surface area contributed by atoms with E-state index in [0.717, 1.165) is 0 Å². The number of benzene rings is 1. The summed E-state index contributed by atoms with van der Waals surface area (Å²) in [6.07, 6.45) is 0. The topological polar surface area (TPSA) is 69.4 Å². The number of thiophene rings is 1. The van der Waals surface area contributed by atoms with Crippen LogP contribution in [0.15, 0.2) is 24.3 Å². The molecule has 0 unspecified atom stereocenters. The maximum Gasteiger partial charge on any atom is 0.348 e. The molecule has 1 aromatic heterocycles. The van der Waals surface area contributed by atoms with E-state index < -0.39 is 16.7 Å². The van der Waals surface area contributed by atoms with Gasteiger partial charge in [0.25, 0.3) is 0 Å². The average molecular weight is 330 g/mol. The fourth-order valence-electron chi connectivity index (χ4n) is 1.59. The standard InChI is InChI=1S/C13H9ClFNO4S/c1-7-2-3-9(14)8(12(7)15)6-20-13(17)10-4-5-11(21-10)16(18)19/h2-5H,6H2,1H3. The van der Waals surface area contributed by atoms with Gasteiger partial charge in [-0.3, -0.25) is 10.1 Å². The van der Waals surface area contributed by atoms with Crippen molar-refractivity contribution >= 4 is 33.9 Å². The Morgan fingerprint density at radius 3 is 2.76 bits per heavy atom. The number of hydrogen-bond acceptors (Lipinski definition) is 5. The molecule has 0 saturated carbocycles. The third kappa shape index (κ3) is 3.37. The summed E-state index contributed by atoms with van der Waals surface area (Å²) in [6, 6.07) is 5.53. The molecular weight excluding hydrogens is 321 g/mol. The van der Waals surface area contributed by atoms with Crippen LogP contribution in [0, 0.1) is 22.9 Å². The van der Waals surface area contributed by atoms with E-state index in [1.54, 1.807) is 6.92 Å². The Morgan fingerprint density at radius 1 is 1.43 bits per heavy atom. The van der Waals surface area contributed by atoms with E-state index in [1.165, 1.54) is 24.3 Å². The molecule has 2 aromatic rings. The number of aryl methyl sites for hydroxylation is 1. The van der Waals surface area contributed by atoms with Crippen LogP contribution in [0.3, 0.4) is 0 Å². The van der Waals surface area contributed by atoms with Crippen LogP contribution in [0.25, 0.3) is 0 Å². The lowest BCUT2D eigenvalue weighted by Gasteiger charge is -2.08. The van der Waals surface area contributed by atoms with Gasteiger partial charge in [-0.1, -0.05) is 29.0 Å². The number of carbonyl (C=O) groups excluding carboxylic acids is 1. The second-order valence-electron chi connectivity index (χ2n) is 4.13. The summed E-state index contributed by atoms with van der Waals surface area (Å²) >= 11 is 6.55. The molecule has 1 heterocycles. The largest absolute Gasteiger partial charge is 0.456 e. The number of ether oxygens (including phenoxy) is 1. The first kappa shape index (κ1) is 15.4. The van der Waals surface area contributed by atoms with Crippen LogP contribution in [0.2, 0.25) is 5.02 Å². The Hall–Kier alpha value is -1.99. The van der Waals surface area contributed by atoms with Gasteiger partial charge in [0.1, 0.15) is 17.3 Å². The highest BCUT2D eigenvalue weighted by molar-refractivity contribution is 7.17. The lowest BCUT2D eigenvalue weighted by molar-refractivity contribution is -0.380. The molecular formula is C13H9ClFNO4S. The van der Waals surface area contributed by atoms with Crippen molar-refractivity contribution in [2.75, 3.05) is 0 Å². The Bertz CT molecular complexity index is 716. The second-order valence-corrected chi connectivity index (χ2v) is 5.60. The molecule has 0 saturated heterocycles. The van der Waals surface area contributed by atoms with Crippen molar-refractivity contribution in [3.8, 4) is 0 Å². The van der Waals surface area contributed by atoms with Gasteiger partial charge in [-0.15, -0.1) is 0 Å². The third-order valence-corrected chi connectivity index (χ3v) is 4.07. The summed E-state index contributed by atoms with van der Waals surface area (Å²) in [5, 5.41) is 10.5. The van der Waals surface area contributed by atoms with Crippen LogP contribution in [-0.4, -0.2) is 10.9 Å². The molecule has 2 rings (SSSR count). The molecule has 0 amide bonds. The lowest BCUT2D eigenvalue weighted by Crippen LogP contribution is -2.05. The minimum absolute atomic E-state index is 0.0749. The molecule has 0 atom stereocenters. The highest BCUT2D eigenvalue weighted by Crippen LogP contribution is 2.26. The fourth-order valence-corrected chi connectivity index (χ4v) is 2.51. The SMILES string of the molecule is Cc1ccc(Cl)c(COC(=O)c2ccc([N+](=O)[O-])s2)c1F. The van der Waals surface area contributed by atoms with Gasteiger partial charge in [-0.25, -0.2) is 9.18 Å². The van der Waals surface area contributed by atoms with Crippen molar-refractivity contribution in [2.24, 2.45) is 0 Å². The van der Waals surface area contributed by atoms with E-state index in [4.69, 9.17) is 16.3 Å². The van der Waals surface area contributed by atoms with Gasteiger partial charge in [0.2, 0.25) is 0 Å². The first-order chi connectivity index (χ1) is 9.90. The predicted molar refractivity (Wildman–Crippen MR) is 76.2 cm³/mol. The zero-order valence-electron chi connectivity index (χ0n) is 10.8. The van der Waals surface area contributed by atoms with Crippen molar-refractivity contribution < 1.29 is 18.8 Å². The molecule has 0 radical (unpaired) electrons. The number of carbonyl (C=O) groups is 1. The molecule has 0 bridgehead atoms. The number of nitrogens with zero attached hydrogens (tertiary/aromatic N) is 1. The monoisotopic (exact) mass is 329 g/mol. The van der Waals surface area contributed by atoms with Crippen LogP contribution in [0.4, 0.5) is 9.39 Å².